The highest BCUT2D eigenvalue weighted by atomic mass is 127. The van der Waals surface area contributed by atoms with E-state index in [0.717, 1.165) is 0 Å². The van der Waals surface area contributed by atoms with E-state index in [9.17, 15) is 0 Å². The van der Waals surface area contributed by atoms with Crippen molar-refractivity contribution in [3.05, 3.63) is 0 Å². The number of hydrogen-bond acceptors (Lipinski definition) is 0. The van der Waals surface area contributed by atoms with Crippen molar-refractivity contribution in [2.24, 2.45) is 0 Å². The second-order valence-electron chi connectivity index (χ2n) is 4.64. The van der Waals surface area contributed by atoms with Crippen LogP contribution in [0, 0.1) is 0 Å². The van der Waals surface area contributed by atoms with Gasteiger partial charge in [0.25, 0.3) is 0 Å². The van der Waals surface area contributed by atoms with Gasteiger partial charge >= 0.3 is 0 Å². The van der Waals surface area contributed by atoms with Crippen molar-refractivity contribution >= 4 is 54.7 Å². The molecule has 0 bridgehead atoms. The summed E-state index contributed by atoms with van der Waals surface area (Å²) in [4.78, 5) is 0. The Labute approximate surface area is 105 Å². The maximum atomic E-state index is 2.69. The molecule has 0 aromatic rings. The molecule has 74 valence electrons. The molecular weight excluding hydrogens is 406 g/mol. The van der Waals surface area contributed by atoms with Crippen LogP contribution in [0.1, 0.15) is 12.8 Å². The van der Waals surface area contributed by atoms with Gasteiger partial charge in [0.1, 0.15) is 11.1 Å². The number of rotatable bonds is 5. The zero-order valence-electron chi connectivity index (χ0n) is 8.58. The fraction of sp³-hybridized carbons (Fsp3) is 1.00. The summed E-state index contributed by atoms with van der Waals surface area (Å²) >= 11 is 5.37. The van der Waals surface area contributed by atoms with Crippen LogP contribution >= 0.6 is 43.6 Å². The van der Waals surface area contributed by atoms with Gasteiger partial charge in [-0.15, -0.1) is 43.6 Å². The smallest absolute Gasteiger partial charge is 0.119 e. The molecule has 0 unspecified atom stereocenters. The SMILES string of the molecule is C[Si](C)(I)CCCC[Si](C)(C)I. The predicted octanol–water partition coefficient (Wildman–Crippen LogP) is 5.05. The predicted molar refractivity (Wildman–Crippen MR) is 81.9 cm³/mol. The van der Waals surface area contributed by atoms with Gasteiger partial charge in [0.15, 0.2) is 0 Å². The third-order valence-corrected chi connectivity index (χ3v) is 8.11. The van der Waals surface area contributed by atoms with E-state index in [2.05, 4.69) is 69.8 Å². The molecule has 0 atom stereocenters. The summed E-state index contributed by atoms with van der Waals surface area (Å²) in [6.45, 7) is 9.83. The van der Waals surface area contributed by atoms with Crippen LogP contribution in [0.3, 0.4) is 0 Å². The first-order valence-electron chi connectivity index (χ1n) is 4.59. The summed E-state index contributed by atoms with van der Waals surface area (Å²) in [6.07, 6.45) is 2.95. The van der Waals surface area contributed by atoms with Crippen LogP contribution in [-0.2, 0) is 0 Å². The minimum atomic E-state index is -0.771. The lowest BCUT2D eigenvalue weighted by Crippen LogP contribution is -2.17. The summed E-state index contributed by atoms with van der Waals surface area (Å²) in [7, 11) is 0. The lowest BCUT2D eigenvalue weighted by atomic mass is 10.4. The van der Waals surface area contributed by atoms with Crippen molar-refractivity contribution < 1.29 is 0 Å². The first-order valence-corrected chi connectivity index (χ1v) is 17.2. The minimum absolute atomic E-state index is 0.771. The highest BCUT2D eigenvalue weighted by Gasteiger charge is 2.18. The van der Waals surface area contributed by atoms with Gasteiger partial charge < -0.3 is 0 Å². The van der Waals surface area contributed by atoms with Gasteiger partial charge in [-0.3, -0.25) is 0 Å². The van der Waals surface area contributed by atoms with Gasteiger partial charge in [-0.05, 0) is 12.1 Å². The van der Waals surface area contributed by atoms with Crippen molar-refractivity contribution in [1.82, 2.24) is 0 Å². The highest BCUT2D eigenvalue weighted by molar-refractivity contribution is 14.1. The maximum Gasteiger partial charge on any atom is 0.119 e. The molecule has 0 aliphatic carbocycles. The lowest BCUT2D eigenvalue weighted by molar-refractivity contribution is 0.863. The molecule has 0 spiro atoms. The van der Waals surface area contributed by atoms with E-state index in [1.54, 1.807) is 0 Å². The zero-order valence-corrected chi connectivity index (χ0v) is 14.9. The average Bonchev–Trinajstić information content (AvgIpc) is 1.76. The van der Waals surface area contributed by atoms with Crippen molar-refractivity contribution in [2.45, 2.75) is 51.1 Å². The van der Waals surface area contributed by atoms with Gasteiger partial charge in [-0.1, -0.05) is 39.0 Å². The van der Waals surface area contributed by atoms with E-state index >= 15 is 0 Å². The monoisotopic (exact) mass is 426 g/mol. The van der Waals surface area contributed by atoms with Crippen molar-refractivity contribution in [1.29, 1.82) is 0 Å². The molecule has 0 nitrogen and oxygen atoms in total. The molecule has 0 heterocycles. The normalized spacial score (nSPS) is 13.5. The van der Waals surface area contributed by atoms with Crippen molar-refractivity contribution in [2.75, 3.05) is 0 Å². The molecule has 0 aliphatic rings. The van der Waals surface area contributed by atoms with E-state index in [1.807, 2.05) is 0 Å². The Hall–Kier alpha value is 1.89. The van der Waals surface area contributed by atoms with E-state index in [4.69, 9.17) is 0 Å². The molecule has 0 radical (unpaired) electrons. The van der Waals surface area contributed by atoms with Crippen LogP contribution in [0.4, 0.5) is 0 Å². The van der Waals surface area contributed by atoms with Gasteiger partial charge in [0.05, 0.1) is 0 Å². The van der Waals surface area contributed by atoms with Crippen molar-refractivity contribution in [3.8, 4) is 0 Å². The molecule has 0 N–H and O–H groups in total. The largest absolute Gasteiger partial charge is 0.119 e. The second kappa shape index (κ2) is 5.70. The Morgan fingerprint density at radius 1 is 0.750 bits per heavy atom. The first-order chi connectivity index (χ1) is 5.21. The summed E-state index contributed by atoms with van der Waals surface area (Å²) in [5, 5.41) is 0. The standard InChI is InChI=1S/C8H20I2Si2/c1-11(2,9)7-5-6-8-12(3,4)10/h5-8H2,1-4H3. The molecule has 0 aliphatic heterocycles. The number of hydrogen-bond donors (Lipinski definition) is 0. The Morgan fingerprint density at radius 2 is 1.00 bits per heavy atom. The molecule has 0 fully saturated rings. The van der Waals surface area contributed by atoms with E-state index in [-0.39, 0.29) is 0 Å². The zero-order chi connectivity index (χ0) is 9.83. The third kappa shape index (κ3) is 11.9. The van der Waals surface area contributed by atoms with E-state index < -0.39 is 11.1 Å². The molecule has 4 heteroatoms. The van der Waals surface area contributed by atoms with E-state index in [1.165, 1.54) is 24.9 Å². The summed E-state index contributed by atoms with van der Waals surface area (Å²) in [5.74, 6) is 0. The molecule has 0 aromatic carbocycles. The van der Waals surface area contributed by atoms with Crippen LogP contribution in [0.15, 0.2) is 0 Å². The topological polar surface area (TPSA) is 0 Å². The minimum Gasteiger partial charge on any atom is -0.119 e. The third-order valence-electron chi connectivity index (χ3n) is 1.79. The molecule has 0 rings (SSSR count). The fourth-order valence-corrected chi connectivity index (χ4v) is 5.56. The summed E-state index contributed by atoms with van der Waals surface area (Å²) in [6, 6.07) is 3.02. The summed E-state index contributed by atoms with van der Waals surface area (Å²) in [5.41, 5.74) is -1.54. The summed E-state index contributed by atoms with van der Waals surface area (Å²) < 4.78 is 0. The van der Waals surface area contributed by atoms with E-state index in [0.29, 0.717) is 0 Å². The quantitative estimate of drug-likeness (QED) is 0.250. The Balaban J connectivity index is 3.35. The second-order valence-corrected chi connectivity index (χ2v) is 30.0. The average molecular weight is 426 g/mol. The van der Waals surface area contributed by atoms with Crippen LogP contribution in [0.5, 0.6) is 0 Å². The Bertz CT molecular complexity index is 108. The highest BCUT2D eigenvalue weighted by Crippen LogP contribution is 2.25. The van der Waals surface area contributed by atoms with Crippen LogP contribution in [-0.4, -0.2) is 11.1 Å². The van der Waals surface area contributed by atoms with Gasteiger partial charge in [0, 0.05) is 0 Å². The van der Waals surface area contributed by atoms with Crippen LogP contribution in [0.25, 0.3) is 0 Å². The maximum absolute atomic E-state index is 2.69. The van der Waals surface area contributed by atoms with Gasteiger partial charge in [-0.2, -0.15) is 0 Å². The van der Waals surface area contributed by atoms with Crippen molar-refractivity contribution in [3.63, 3.8) is 0 Å². The molecular formula is C8H20I2Si2. The molecule has 0 aromatic heterocycles. The molecule has 12 heavy (non-hydrogen) atoms. The Kier molecular flexibility index (Phi) is 6.60. The molecule has 0 amide bonds. The van der Waals surface area contributed by atoms with Crippen LogP contribution in [0.2, 0.25) is 38.3 Å². The Morgan fingerprint density at radius 3 is 1.17 bits per heavy atom. The van der Waals surface area contributed by atoms with Crippen LogP contribution < -0.4 is 0 Å². The first kappa shape index (κ1) is 13.9. The number of unbranched alkanes of at least 4 members (excludes halogenated alkanes) is 1. The number of halogens is 2. The van der Waals surface area contributed by atoms with Gasteiger partial charge in [0.2, 0.25) is 0 Å². The molecule has 0 saturated heterocycles. The lowest BCUT2D eigenvalue weighted by Gasteiger charge is -2.16. The fourth-order valence-electron chi connectivity index (χ4n) is 1.09. The molecule has 0 saturated carbocycles. The van der Waals surface area contributed by atoms with Gasteiger partial charge in [-0.25, -0.2) is 0 Å².